The van der Waals surface area contributed by atoms with Crippen LogP contribution >= 0.6 is 25.3 Å². The molecule has 0 aromatic heterocycles. The maximum Gasteiger partial charge on any atom is 0.257 e. The van der Waals surface area contributed by atoms with E-state index < -0.39 is 0 Å². The van der Waals surface area contributed by atoms with Gasteiger partial charge in [0.1, 0.15) is 13.2 Å². The van der Waals surface area contributed by atoms with Crippen LogP contribution in [0.4, 0.5) is 17.1 Å². The van der Waals surface area contributed by atoms with E-state index in [2.05, 4.69) is 42.7 Å². The average molecular weight is 838 g/mol. The lowest BCUT2D eigenvalue weighted by molar-refractivity contribution is -0.116. The molecule has 4 aliphatic heterocycles. The van der Waals surface area contributed by atoms with E-state index in [4.69, 9.17) is 28.9 Å². The van der Waals surface area contributed by atoms with Crippen molar-refractivity contribution < 1.29 is 33.3 Å². The first-order valence-corrected chi connectivity index (χ1v) is 20.8. The number of thiol groups is 2. The van der Waals surface area contributed by atoms with Crippen LogP contribution in [0.1, 0.15) is 85.2 Å². The molecule has 59 heavy (non-hydrogen) atoms. The molecule has 3 amide bonds. The fourth-order valence-electron chi connectivity index (χ4n) is 7.64. The molecule has 3 aromatic rings. The van der Waals surface area contributed by atoms with Crippen LogP contribution in [0.5, 0.6) is 23.0 Å². The average Bonchev–Trinajstić information content (AvgIpc) is 3.80. The van der Waals surface area contributed by atoms with E-state index in [1.165, 1.54) is 25.4 Å². The Balaban J connectivity index is 1.14. The molecule has 7 rings (SSSR count). The summed E-state index contributed by atoms with van der Waals surface area (Å²) in [6.07, 6.45) is 10.1. The first kappa shape index (κ1) is 41.9. The minimum absolute atomic E-state index is 0.0997. The Morgan fingerprint density at radius 2 is 1.25 bits per heavy atom. The van der Waals surface area contributed by atoms with Gasteiger partial charge in [0, 0.05) is 54.3 Å². The van der Waals surface area contributed by atoms with Gasteiger partial charge in [-0.2, -0.15) is 25.3 Å². The standard InChI is InChI=1S/C45H51N5O7S2/c1-7-26-14-31-20-46-35-18-39(37(54-5)16-33(35)42(52)49(31)22-26)56-24-28-11-29(13-30(12-28)48-41(51)9-10-45(3,4)44(58)59)25-57-40-19-36-34(17-38(40)55-6)43(53)50-23-27(8-2)15-32(50)21-47-36/h7-8,11-13,16-21,31-32,44,58-59H,9-10,14-15,22-25H2,1-6H3,(H,48,51)/b26-7-,27-8+/t31-,32-/m0/s1. The summed E-state index contributed by atoms with van der Waals surface area (Å²) in [7, 11) is 3.07. The maximum absolute atomic E-state index is 13.6. The molecule has 2 saturated heterocycles. The van der Waals surface area contributed by atoms with Crippen molar-refractivity contribution in [3.8, 4) is 23.0 Å². The molecule has 0 saturated carbocycles. The molecule has 0 aliphatic carbocycles. The van der Waals surface area contributed by atoms with Crippen LogP contribution in [0.3, 0.4) is 0 Å². The molecule has 310 valence electrons. The van der Waals surface area contributed by atoms with Crippen molar-refractivity contribution in [3.05, 3.63) is 88.0 Å². The van der Waals surface area contributed by atoms with Crippen LogP contribution < -0.4 is 24.3 Å². The van der Waals surface area contributed by atoms with Gasteiger partial charge < -0.3 is 34.1 Å². The van der Waals surface area contributed by atoms with Crippen LogP contribution in [0.25, 0.3) is 0 Å². The Morgan fingerprint density at radius 1 is 0.780 bits per heavy atom. The second kappa shape index (κ2) is 17.6. The van der Waals surface area contributed by atoms with Gasteiger partial charge in [0.25, 0.3) is 11.8 Å². The number of hydrogen-bond acceptors (Lipinski definition) is 11. The predicted molar refractivity (Wildman–Crippen MR) is 237 cm³/mol. The number of nitrogens with zero attached hydrogens (tertiary/aromatic N) is 4. The minimum Gasteiger partial charge on any atom is -0.493 e. The summed E-state index contributed by atoms with van der Waals surface area (Å²) in [6.45, 7) is 9.36. The van der Waals surface area contributed by atoms with Gasteiger partial charge in [-0.25, -0.2) is 0 Å². The zero-order valence-corrected chi connectivity index (χ0v) is 36.1. The number of aliphatic imine (C=N–C) groups is 2. The van der Waals surface area contributed by atoms with Crippen LogP contribution in [-0.2, 0) is 18.0 Å². The Kier molecular flexibility index (Phi) is 12.5. The summed E-state index contributed by atoms with van der Waals surface area (Å²) >= 11 is 8.98. The number of rotatable bonds is 13. The highest BCUT2D eigenvalue weighted by Crippen LogP contribution is 2.41. The third kappa shape index (κ3) is 9.03. The number of carbonyl (C=O) groups is 3. The molecule has 3 aromatic carbocycles. The number of nitrogens with one attached hydrogen (secondary N) is 1. The number of allylic oxidation sites excluding steroid dienone is 2. The fourth-order valence-corrected chi connectivity index (χ4v) is 7.90. The summed E-state index contributed by atoms with van der Waals surface area (Å²) in [5.74, 6) is 1.28. The van der Waals surface area contributed by atoms with Crippen molar-refractivity contribution in [2.45, 2.75) is 83.3 Å². The topological polar surface area (TPSA) is 131 Å². The zero-order chi connectivity index (χ0) is 42.0. The summed E-state index contributed by atoms with van der Waals surface area (Å²) in [5.41, 5.74) is 6.11. The van der Waals surface area contributed by atoms with Crippen molar-refractivity contribution in [1.29, 1.82) is 0 Å². The number of anilines is 1. The van der Waals surface area contributed by atoms with Gasteiger partial charge in [0.05, 0.1) is 48.8 Å². The van der Waals surface area contributed by atoms with E-state index in [-0.39, 0.29) is 59.4 Å². The molecule has 0 radical (unpaired) electrons. The number of fused-ring (bicyclic) bond motifs is 4. The van der Waals surface area contributed by atoms with E-state index in [0.29, 0.717) is 70.7 Å². The van der Waals surface area contributed by atoms with Crippen molar-refractivity contribution in [2.24, 2.45) is 15.4 Å². The van der Waals surface area contributed by atoms with Gasteiger partial charge in [-0.15, -0.1) is 0 Å². The lowest BCUT2D eigenvalue weighted by Gasteiger charge is -2.27. The number of methoxy groups -OCH3 is 2. The van der Waals surface area contributed by atoms with Crippen molar-refractivity contribution >= 4 is 72.5 Å². The number of hydrogen-bond donors (Lipinski definition) is 3. The van der Waals surface area contributed by atoms with E-state index in [9.17, 15) is 14.4 Å². The second-order valence-electron chi connectivity index (χ2n) is 15.9. The highest BCUT2D eigenvalue weighted by molar-refractivity contribution is 7.99. The molecule has 12 nitrogen and oxygen atoms in total. The molecular formula is C45H51N5O7S2. The van der Waals surface area contributed by atoms with Gasteiger partial charge in [0.2, 0.25) is 5.91 Å². The quantitative estimate of drug-likeness (QED) is 0.0894. The number of benzene rings is 3. The zero-order valence-electron chi connectivity index (χ0n) is 34.3. The monoisotopic (exact) mass is 837 g/mol. The first-order chi connectivity index (χ1) is 28.3. The van der Waals surface area contributed by atoms with Crippen molar-refractivity contribution in [1.82, 2.24) is 9.80 Å². The summed E-state index contributed by atoms with van der Waals surface area (Å²) in [5, 5.41) is 3.05. The van der Waals surface area contributed by atoms with Gasteiger partial charge in [-0.05, 0) is 80.0 Å². The number of amides is 3. The van der Waals surface area contributed by atoms with E-state index in [1.807, 2.05) is 68.1 Å². The van der Waals surface area contributed by atoms with Gasteiger partial charge in [-0.3, -0.25) is 24.4 Å². The lowest BCUT2D eigenvalue weighted by Crippen LogP contribution is -2.35. The predicted octanol–water partition coefficient (Wildman–Crippen LogP) is 8.55. The second-order valence-corrected chi connectivity index (χ2v) is 17.4. The SMILES string of the molecule is C/C=C1/C[C@H]2C=Nc3cc(OCc4cc(COc5cc6c(cc5OC)C(=O)N5C/C(=C/C)C[C@H]5C=N6)cc(NC(=O)CCC(C)(C)C(S)S)c4)c(OC)cc3C(=O)N2C1. The Labute approximate surface area is 356 Å². The lowest BCUT2D eigenvalue weighted by atomic mass is 9.89. The molecule has 14 heteroatoms. The van der Waals surface area contributed by atoms with Crippen molar-refractivity contribution in [3.63, 3.8) is 0 Å². The van der Waals surface area contributed by atoms with E-state index in [1.54, 1.807) is 24.3 Å². The van der Waals surface area contributed by atoms with Crippen LogP contribution in [0.15, 0.2) is 75.7 Å². The molecule has 4 aliphatic rings. The smallest absolute Gasteiger partial charge is 0.257 e. The van der Waals surface area contributed by atoms with Gasteiger partial charge in [-0.1, -0.05) is 37.1 Å². The van der Waals surface area contributed by atoms with Gasteiger partial charge >= 0.3 is 0 Å². The molecule has 2 atom stereocenters. The maximum atomic E-state index is 13.6. The summed E-state index contributed by atoms with van der Waals surface area (Å²) in [4.78, 5) is 53.6. The molecule has 4 heterocycles. The Hall–Kier alpha value is -5.21. The van der Waals surface area contributed by atoms with E-state index in [0.717, 1.165) is 24.0 Å². The Morgan fingerprint density at radius 3 is 1.68 bits per heavy atom. The highest BCUT2D eigenvalue weighted by Gasteiger charge is 2.36. The molecule has 0 bridgehead atoms. The molecular weight excluding hydrogens is 787 g/mol. The highest BCUT2D eigenvalue weighted by atomic mass is 32.2. The third-order valence-electron chi connectivity index (χ3n) is 11.4. The molecule has 0 spiro atoms. The largest absolute Gasteiger partial charge is 0.493 e. The first-order valence-electron chi connectivity index (χ1n) is 19.8. The molecule has 0 unspecified atom stereocenters. The van der Waals surface area contributed by atoms with Crippen LogP contribution in [0, 0.1) is 5.41 Å². The summed E-state index contributed by atoms with van der Waals surface area (Å²) < 4.78 is 24.0. The fraction of sp³-hybridized carbons (Fsp3) is 0.400. The van der Waals surface area contributed by atoms with Crippen molar-refractivity contribution in [2.75, 3.05) is 32.6 Å². The van der Waals surface area contributed by atoms with Crippen LogP contribution in [-0.4, -0.2) is 83.9 Å². The Bertz CT molecular complexity index is 2150. The minimum atomic E-state index is -0.265. The summed E-state index contributed by atoms with van der Waals surface area (Å²) in [6, 6.07) is 12.3. The normalized spacial score (nSPS) is 19.7. The molecule has 2 fully saturated rings. The van der Waals surface area contributed by atoms with E-state index >= 15 is 0 Å². The third-order valence-corrected chi connectivity index (χ3v) is 12.8. The number of ether oxygens (including phenoxy) is 4. The molecule has 1 N–H and O–H groups in total. The number of carbonyl (C=O) groups excluding carboxylic acids is 3. The van der Waals surface area contributed by atoms with Gasteiger partial charge in [0.15, 0.2) is 23.0 Å². The van der Waals surface area contributed by atoms with Crippen LogP contribution in [0.2, 0.25) is 0 Å².